The lowest BCUT2D eigenvalue weighted by atomic mass is 9.64. The molecule has 3 heterocycles. The topological polar surface area (TPSA) is 85.8 Å². The van der Waals surface area contributed by atoms with Gasteiger partial charge in [0.1, 0.15) is 23.1 Å². The zero-order valence-electron chi connectivity index (χ0n) is 18.4. The molecule has 0 bridgehead atoms. The van der Waals surface area contributed by atoms with Crippen molar-refractivity contribution in [3.05, 3.63) is 23.4 Å². The van der Waals surface area contributed by atoms with Gasteiger partial charge in [-0.25, -0.2) is 9.78 Å². The minimum absolute atomic E-state index is 0.0364. The molecule has 0 aromatic carbocycles. The van der Waals surface area contributed by atoms with Gasteiger partial charge in [-0.2, -0.15) is 0 Å². The molecule has 4 rings (SSSR count). The van der Waals surface area contributed by atoms with Crippen molar-refractivity contribution >= 4 is 35.3 Å². The van der Waals surface area contributed by atoms with Crippen molar-refractivity contribution in [1.29, 1.82) is 0 Å². The molecule has 0 radical (unpaired) electrons. The van der Waals surface area contributed by atoms with E-state index in [2.05, 4.69) is 36.0 Å². The van der Waals surface area contributed by atoms with E-state index < -0.39 is 11.6 Å². The highest BCUT2D eigenvalue weighted by Gasteiger charge is 2.56. The summed E-state index contributed by atoms with van der Waals surface area (Å²) in [6, 6.07) is 5.01. The molecular formula is C22H30ClN5O3. The first kappa shape index (κ1) is 21.9. The van der Waals surface area contributed by atoms with Crippen LogP contribution < -0.4 is 10.2 Å². The predicted molar refractivity (Wildman–Crippen MR) is 118 cm³/mol. The zero-order chi connectivity index (χ0) is 22.4. The number of carbonyl (C=O) groups excluding carboxylic acids is 3. The standard InChI is InChI=1S/C22H30ClN5O3/c1-15-11-21(2,3)14-22(12-15)19(30)28(20(31)25-22)13-18(29)27-9-7-26(8-10-27)17-6-4-5-16(23)24-17/h4-6,15H,7-14H2,1-3H3,(H,25,31). The zero-order valence-corrected chi connectivity index (χ0v) is 19.1. The first-order chi connectivity index (χ1) is 14.6. The van der Waals surface area contributed by atoms with Gasteiger partial charge in [0.05, 0.1) is 0 Å². The fraction of sp³-hybridized carbons (Fsp3) is 0.636. The second-order valence-electron chi connectivity index (χ2n) is 9.94. The molecule has 2 aliphatic heterocycles. The predicted octanol–water partition coefficient (Wildman–Crippen LogP) is 2.52. The highest BCUT2D eigenvalue weighted by molar-refractivity contribution is 6.29. The van der Waals surface area contributed by atoms with Crippen LogP contribution in [-0.2, 0) is 9.59 Å². The molecule has 1 aromatic rings. The SMILES string of the molecule is CC1CC(C)(C)CC2(C1)NC(=O)N(CC(=O)N1CCN(c3cccc(Cl)n3)CC1)C2=O. The van der Waals surface area contributed by atoms with E-state index in [1.807, 2.05) is 12.1 Å². The monoisotopic (exact) mass is 447 g/mol. The van der Waals surface area contributed by atoms with Crippen LogP contribution in [0.1, 0.15) is 40.0 Å². The number of piperazine rings is 1. The summed E-state index contributed by atoms with van der Waals surface area (Å²) in [5.41, 5.74) is -0.916. The molecular weight excluding hydrogens is 418 g/mol. The third-order valence-corrected chi connectivity index (χ3v) is 6.78. The molecule has 8 nitrogen and oxygen atoms in total. The Morgan fingerprint density at radius 2 is 1.90 bits per heavy atom. The van der Waals surface area contributed by atoms with Gasteiger partial charge in [-0.1, -0.05) is 38.4 Å². The Hall–Kier alpha value is -2.35. The van der Waals surface area contributed by atoms with Crippen molar-refractivity contribution in [2.45, 2.75) is 45.6 Å². The number of anilines is 1. The van der Waals surface area contributed by atoms with Gasteiger partial charge < -0.3 is 15.1 Å². The summed E-state index contributed by atoms with van der Waals surface area (Å²) >= 11 is 5.98. The molecule has 9 heteroatoms. The number of imide groups is 1. The van der Waals surface area contributed by atoms with Crippen molar-refractivity contribution in [3.8, 4) is 0 Å². The van der Waals surface area contributed by atoms with Crippen LogP contribution >= 0.6 is 11.6 Å². The number of nitrogens with zero attached hydrogens (tertiary/aromatic N) is 4. The minimum atomic E-state index is -0.879. The van der Waals surface area contributed by atoms with Crippen LogP contribution in [0.3, 0.4) is 0 Å². The Labute approximate surface area is 187 Å². The minimum Gasteiger partial charge on any atom is -0.353 e. The largest absolute Gasteiger partial charge is 0.353 e. The van der Waals surface area contributed by atoms with Crippen molar-refractivity contribution in [2.24, 2.45) is 11.3 Å². The van der Waals surface area contributed by atoms with Crippen molar-refractivity contribution < 1.29 is 14.4 Å². The molecule has 3 aliphatic rings. The van der Waals surface area contributed by atoms with Gasteiger partial charge >= 0.3 is 6.03 Å². The Bertz CT molecular complexity index is 899. The fourth-order valence-electron chi connectivity index (χ4n) is 5.64. The lowest BCUT2D eigenvalue weighted by Crippen LogP contribution is -2.55. The summed E-state index contributed by atoms with van der Waals surface area (Å²) in [6.07, 6.45) is 2.24. The van der Waals surface area contributed by atoms with Gasteiger partial charge in [0, 0.05) is 26.2 Å². The van der Waals surface area contributed by atoms with E-state index in [0.29, 0.717) is 50.1 Å². The van der Waals surface area contributed by atoms with E-state index in [4.69, 9.17) is 11.6 Å². The normalized spacial score (nSPS) is 28.3. The third kappa shape index (κ3) is 4.35. The number of nitrogens with one attached hydrogen (secondary N) is 1. The van der Waals surface area contributed by atoms with Crippen molar-refractivity contribution in [1.82, 2.24) is 20.1 Å². The lowest BCUT2D eigenvalue weighted by Gasteiger charge is -2.43. The molecule has 1 aliphatic carbocycles. The highest BCUT2D eigenvalue weighted by Crippen LogP contribution is 2.46. The van der Waals surface area contributed by atoms with Crippen LogP contribution in [0.5, 0.6) is 0 Å². The molecule has 2 atom stereocenters. The first-order valence-corrected chi connectivity index (χ1v) is 11.3. The second kappa shape index (κ2) is 7.97. The molecule has 31 heavy (non-hydrogen) atoms. The maximum Gasteiger partial charge on any atom is 0.325 e. The average Bonchev–Trinajstić information content (AvgIpc) is 2.89. The molecule has 1 saturated carbocycles. The lowest BCUT2D eigenvalue weighted by molar-refractivity contribution is -0.140. The average molecular weight is 448 g/mol. The molecule has 1 N–H and O–H groups in total. The van der Waals surface area contributed by atoms with Crippen LogP contribution in [0.2, 0.25) is 5.15 Å². The molecule has 1 spiro atoms. The summed E-state index contributed by atoms with van der Waals surface area (Å²) in [4.78, 5) is 48.0. The summed E-state index contributed by atoms with van der Waals surface area (Å²) < 4.78 is 0. The number of hydrogen-bond donors (Lipinski definition) is 1. The van der Waals surface area contributed by atoms with Gasteiger partial charge in [-0.3, -0.25) is 14.5 Å². The van der Waals surface area contributed by atoms with Crippen molar-refractivity contribution in [3.63, 3.8) is 0 Å². The van der Waals surface area contributed by atoms with Gasteiger partial charge in [-0.05, 0) is 42.7 Å². The van der Waals surface area contributed by atoms with E-state index in [1.54, 1.807) is 11.0 Å². The van der Waals surface area contributed by atoms with E-state index >= 15 is 0 Å². The Morgan fingerprint density at radius 3 is 2.55 bits per heavy atom. The molecule has 1 aromatic heterocycles. The van der Waals surface area contributed by atoms with E-state index in [9.17, 15) is 14.4 Å². The number of amides is 4. The van der Waals surface area contributed by atoms with Crippen LogP contribution in [0, 0.1) is 11.3 Å². The Balaban J connectivity index is 1.38. The smallest absolute Gasteiger partial charge is 0.325 e. The van der Waals surface area contributed by atoms with Gasteiger partial charge in [0.15, 0.2) is 0 Å². The summed E-state index contributed by atoms with van der Waals surface area (Å²) in [7, 11) is 0. The van der Waals surface area contributed by atoms with Gasteiger partial charge in [0.2, 0.25) is 5.91 Å². The first-order valence-electron chi connectivity index (χ1n) is 10.9. The van der Waals surface area contributed by atoms with Crippen LogP contribution in [0.15, 0.2) is 18.2 Å². The maximum absolute atomic E-state index is 13.3. The molecule has 168 valence electrons. The van der Waals surface area contributed by atoms with Crippen LogP contribution in [-0.4, -0.2) is 70.9 Å². The summed E-state index contributed by atoms with van der Waals surface area (Å²) in [5, 5.41) is 3.37. The summed E-state index contributed by atoms with van der Waals surface area (Å²) in [6.45, 7) is 8.42. The molecule has 2 unspecified atom stereocenters. The van der Waals surface area contributed by atoms with Gasteiger partial charge in [0.25, 0.3) is 5.91 Å². The number of urea groups is 1. The second-order valence-corrected chi connectivity index (χ2v) is 10.3. The Morgan fingerprint density at radius 1 is 1.19 bits per heavy atom. The van der Waals surface area contributed by atoms with E-state index in [1.165, 1.54) is 0 Å². The fourth-order valence-corrected chi connectivity index (χ4v) is 5.80. The molecule has 3 fully saturated rings. The van der Waals surface area contributed by atoms with Crippen LogP contribution in [0.25, 0.3) is 0 Å². The van der Waals surface area contributed by atoms with Crippen LogP contribution in [0.4, 0.5) is 10.6 Å². The number of halogens is 1. The maximum atomic E-state index is 13.3. The number of hydrogen-bond acceptors (Lipinski definition) is 5. The van der Waals surface area contributed by atoms with E-state index in [-0.39, 0.29) is 23.8 Å². The summed E-state index contributed by atoms with van der Waals surface area (Å²) in [5.74, 6) is 0.649. The van der Waals surface area contributed by atoms with E-state index in [0.717, 1.165) is 17.1 Å². The van der Waals surface area contributed by atoms with Crippen molar-refractivity contribution in [2.75, 3.05) is 37.6 Å². The number of pyridine rings is 1. The number of carbonyl (C=O) groups is 3. The molecule has 2 saturated heterocycles. The number of aromatic nitrogens is 1. The molecule has 4 amide bonds. The quantitative estimate of drug-likeness (QED) is 0.568. The number of rotatable bonds is 3. The Kier molecular flexibility index (Phi) is 5.62. The highest BCUT2D eigenvalue weighted by atomic mass is 35.5. The third-order valence-electron chi connectivity index (χ3n) is 6.57. The van der Waals surface area contributed by atoms with Gasteiger partial charge in [-0.15, -0.1) is 0 Å².